The molecule has 1 aromatic heterocycles. The number of nitrogens with two attached hydrogens (primary N) is 1. The van der Waals surface area contributed by atoms with Gasteiger partial charge >= 0.3 is 0 Å². The van der Waals surface area contributed by atoms with Crippen LogP contribution in [0.4, 0.5) is 4.39 Å². The van der Waals surface area contributed by atoms with Crippen molar-refractivity contribution >= 4 is 11.8 Å². The molecule has 0 unspecified atom stereocenters. The second-order valence-corrected chi connectivity index (χ2v) is 5.30. The molecule has 4 nitrogen and oxygen atoms in total. The molecule has 19 heavy (non-hydrogen) atoms. The monoisotopic (exact) mass is 279 g/mol. The van der Waals surface area contributed by atoms with Crippen LogP contribution in [0, 0.1) is 12.7 Å². The van der Waals surface area contributed by atoms with E-state index in [9.17, 15) is 9.18 Å². The minimum atomic E-state index is -0.331. The van der Waals surface area contributed by atoms with Crippen LogP contribution < -0.4 is 11.3 Å². The second kappa shape index (κ2) is 5.54. The molecule has 0 bridgehead atoms. The highest BCUT2D eigenvalue weighted by atomic mass is 32.2. The SMILES string of the molecule is Cc1cc(=O)[nH]c(Sc2ccc(F)cc2[C@H](C)N)n1. The van der Waals surface area contributed by atoms with Crippen molar-refractivity contribution in [2.45, 2.75) is 29.9 Å². The summed E-state index contributed by atoms with van der Waals surface area (Å²) in [7, 11) is 0. The molecular weight excluding hydrogens is 265 g/mol. The molecule has 1 aromatic carbocycles. The van der Waals surface area contributed by atoms with E-state index in [1.165, 1.54) is 30.0 Å². The molecule has 0 fully saturated rings. The van der Waals surface area contributed by atoms with E-state index >= 15 is 0 Å². The lowest BCUT2D eigenvalue weighted by Crippen LogP contribution is -2.09. The van der Waals surface area contributed by atoms with Crippen molar-refractivity contribution in [3.05, 3.63) is 51.7 Å². The standard InChI is InChI=1S/C13H14FN3OS/c1-7-5-12(18)17-13(16-7)19-11-4-3-9(14)6-10(11)8(2)15/h3-6,8H,15H2,1-2H3,(H,16,17,18)/t8-/m0/s1. The number of benzene rings is 1. The first kappa shape index (κ1) is 13.8. The van der Waals surface area contributed by atoms with Crippen LogP contribution in [0.15, 0.2) is 39.1 Å². The normalized spacial score (nSPS) is 12.4. The molecule has 6 heteroatoms. The Morgan fingerprint density at radius 3 is 2.79 bits per heavy atom. The predicted molar refractivity (Wildman–Crippen MR) is 72.7 cm³/mol. The number of aryl methyl sites for hydroxylation is 1. The number of aromatic amines is 1. The quantitative estimate of drug-likeness (QED) is 0.846. The number of rotatable bonds is 3. The zero-order valence-electron chi connectivity index (χ0n) is 10.6. The second-order valence-electron chi connectivity index (χ2n) is 4.26. The Morgan fingerprint density at radius 2 is 2.16 bits per heavy atom. The molecule has 0 amide bonds. The van der Waals surface area contributed by atoms with Crippen LogP contribution in [0.25, 0.3) is 0 Å². The van der Waals surface area contributed by atoms with E-state index in [2.05, 4.69) is 9.97 Å². The van der Waals surface area contributed by atoms with Crippen molar-refractivity contribution in [2.24, 2.45) is 5.73 Å². The number of nitrogens with zero attached hydrogens (tertiary/aromatic N) is 1. The van der Waals surface area contributed by atoms with Crippen molar-refractivity contribution in [1.82, 2.24) is 9.97 Å². The van der Waals surface area contributed by atoms with Gasteiger partial charge in [-0.1, -0.05) is 11.8 Å². The van der Waals surface area contributed by atoms with Gasteiger partial charge in [-0.25, -0.2) is 9.37 Å². The lowest BCUT2D eigenvalue weighted by atomic mass is 10.1. The average Bonchev–Trinajstić information content (AvgIpc) is 2.30. The van der Waals surface area contributed by atoms with Crippen molar-refractivity contribution in [3.8, 4) is 0 Å². The number of nitrogens with one attached hydrogen (secondary N) is 1. The number of halogens is 1. The molecule has 100 valence electrons. The summed E-state index contributed by atoms with van der Waals surface area (Å²) >= 11 is 1.27. The fraction of sp³-hybridized carbons (Fsp3) is 0.231. The van der Waals surface area contributed by atoms with Gasteiger partial charge in [0.15, 0.2) is 5.16 Å². The van der Waals surface area contributed by atoms with E-state index in [-0.39, 0.29) is 17.4 Å². The minimum absolute atomic E-state index is 0.209. The van der Waals surface area contributed by atoms with E-state index in [4.69, 9.17) is 5.73 Å². The zero-order chi connectivity index (χ0) is 14.0. The zero-order valence-corrected chi connectivity index (χ0v) is 11.4. The van der Waals surface area contributed by atoms with E-state index in [1.807, 2.05) is 0 Å². The van der Waals surface area contributed by atoms with Crippen LogP contribution in [-0.4, -0.2) is 9.97 Å². The minimum Gasteiger partial charge on any atom is -0.324 e. The maximum absolute atomic E-state index is 13.2. The molecule has 1 atom stereocenters. The van der Waals surface area contributed by atoms with Crippen molar-refractivity contribution in [2.75, 3.05) is 0 Å². The van der Waals surface area contributed by atoms with E-state index in [1.54, 1.807) is 19.9 Å². The Hall–Kier alpha value is -1.66. The Bertz CT molecular complexity index is 655. The van der Waals surface area contributed by atoms with Gasteiger partial charge in [0.2, 0.25) is 0 Å². The predicted octanol–water partition coefficient (Wildman–Crippen LogP) is 2.39. The van der Waals surface area contributed by atoms with Crippen LogP contribution in [0.3, 0.4) is 0 Å². The summed E-state index contributed by atoms with van der Waals surface area (Å²) in [5, 5.41) is 0.471. The maximum atomic E-state index is 13.2. The summed E-state index contributed by atoms with van der Waals surface area (Å²) in [4.78, 5) is 19.0. The van der Waals surface area contributed by atoms with Gasteiger partial charge in [0.25, 0.3) is 5.56 Å². The highest BCUT2D eigenvalue weighted by Crippen LogP contribution is 2.30. The Balaban J connectivity index is 2.40. The lowest BCUT2D eigenvalue weighted by molar-refractivity contribution is 0.619. The number of hydrogen-bond donors (Lipinski definition) is 2. The summed E-state index contributed by atoms with van der Waals surface area (Å²) in [6.45, 7) is 3.53. The highest BCUT2D eigenvalue weighted by Gasteiger charge is 2.11. The van der Waals surface area contributed by atoms with Crippen LogP contribution in [0.5, 0.6) is 0 Å². The van der Waals surface area contributed by atoms with E-state index in [0.717, 1.165) is 4.90 Å². The van der Waals surface area contributed by atoms with Gasteiger partial charge in [-0.2, -0.15) is 0 Å². The Labute approximate surface area is 114 Å². The molecule has 0 aliphatic heterocycles. The fourth-order valence-electron chi connectivity index (χ4n) is 1.67. The number of H-pyrrole nitrogens is 1. The van der Waals surface area contributed by atoms with Gasteiger partial charge in [-0.3, -0.25) is 4.79 Å². The van der Waals surface area contributed by atoms with Crippen LogP contribution in [0.1, 0.15) is 24.2 Å². The largest absolute Gasteiger partial charge is 0.324 e. The van der Waals surface area contributed by atoms with Gasteiger partial charge in [-0.05, 0) is 37.6 Å². The smallest absolute Gasteiger partial charge is 0.251 e. The highest BCUT2D eigenvalue weighted by molar-refractivity contribution is 7.99. The Kier molecular flexibility index (Phi) is 4.01. The van der Waals surface area contributed by atoms with Crippen LogP contribution in [-0.2, 0) is 0 Å². The number of hydrogen-bond acceptors (Lipinski definition) is 4. The summed E-state index contributed by atoms with van der Waals surface area (Å²) in [5.41, 5.74) is 6.94. The van der Waals surface area contributed by atoms with Gasteiger partial charge in [0.05, 0.1) is 0 Å². The van der Waals surface area contributed by atoms with Crippen LogP contribution >= 0.6 is 11.8 Å². The van der Waals surface area contributed by atoms with Gasteiger partial charge in [-0.15, -0.1) is 0 Å². The molecule has 0 radical (unpaired) electrons. The van der Waals surface area contributed by atoms with Crippen molar-refractivity contribution in [3.63, 3.8) is 0 Å². The van der Waals surface area contributed by atoms with Gasteiger partial charge in [0.1, 0.15) is 5.82 Å². The molecule has 2 rings (SSSR count). The Morgan fingerprint density at radius 1 is 1.42 bits per heavy atom. The maximum Gasteiger partial charge on any atom is 0.251 e. The van der Waals surface area contributed by atoms with Gasteiger partial charge < -0.3 is 10.7 Å². The molecule has 0 saturated carbocycles. The van der Waals surface area contributed by atoms with Crippen molar-refractivity contribution < 1.29 is 4.39 Å². The molecule has 0 spiro atoms. The van der Waals surface area contributed by atoms with Gasteiger partial charge in [0, 0.05) is 22.7 Å². The molecule has 0 saturated heterocycles. The lowest BCUT2D eigenvalue weighted by Gasteiger charge is -2.12. The summed E-state index contributed by atoms with van der Waals surface area (Å²) in [6, 6.07) is 5.53. The molecule has 2 aromatic rings. The fourth-order valence-corrected chi connectivity index (χ4v) is 2.72. The van der Waals surface area contributed by atoms with E-state index < -0.39 is 0 Å². The third-order valence-corrected chi connectivity index (χ3v) is 3.50. The molecular formula is C13H14FN3OS. The third-order valence-electron chi connectivity index (χ3n) is 2.52. The average molecular weight is 279 g/mol. The summed E-state index contributed by atoms with van der Waals surface area (Å²) in [6.07, 6.45) is 0. The van der Waals surface area contributed by atoms with Crippen molar-refractivity contribution in [1.29, 1.82) is 0 Å². The first-order valence-corrected chi connectivity index (χ1v) is 6.58. The summed E-state index contributed by atoms with van der Waals surface area (Å²) in [5.74, 6) is -0.331. The third kappa shape index (κ3) is 3.42. The first-order valence-electron chi connectivity index (χ1n) is 5.76. The molecule has 3 N–H and O–H groups in total. The topological polar surface area (TPSA) is 71.8 Å². The van der Waals surface area contributed by atoms with E-state index in [0.29, 0.717) is 16.4 Å². The van der Waals surface area contributed by atoms with Crippen LogP contribution in [0.2, 0.25) is 0 Å². The number of aromatic nitrogens is 2. The molecule has 0 aliphatic rings. The molecule has 1 heterocycles. The summed E-state index contributed by atoms with van der Waals surface area (Å²) < 4.78 is 13.2. The molecule has 0 aliphatic carbocycles. The first-order chi connectivity index (χ1) is 8.95.